The summed E-state index contributed by atoms with van der Waals surface area (Å²) in [7, 11) is -3.80. The van der Waals surface area contributed by atoms with Crippen LogP contribution in [0.15, 0.2) is 107 Å². The normalized spacial score (nSPS) is 11.2. The van der Waals surface area contributed by atoms with Gasteiger partial charge in [0.15, 0.2) is 0 Å². The summed E-state index contributed by atoms with van der Waals surface area (Å²) in [6, 6.07) is 25.0. The van der Waals surface area contributed by atoms with Crippen molar-refractivity contribution in [2.24, 2.45) is 5.10 Å². The zero-order valence-electron chi connectivity index (χ0n) is 22.6. The second-order valence-corrected chi connectivity index (χ2v) is 11.1. The number of nitrogens with zero attached hydrogens (tertiary/aromatic N) is 1. The summed E-state index contributed by atoms with van der Waals surface area (Å²) >= 11 is 5.82. The number of sulfonamides is 1. The maximum Gasteiger partial charge on any atom is 0.343 e. The van der Waals surface area contributed by atoms with Gasteiger partial charge in [-0.2, -0.15) is 5.10 Å². The second kappa shape index (κ2) is 14.3. The Morgan fingerprint density at radius 1 is 0.833 bits per heavy atom. The van der Waals surface area contributed by atoms with Gasteiger partial charge in [0, 0.05) is 16.3 Å². The summed E-state index contributed by atoms with van der Waals surface area (Å²) in [5.41, 5.74) is 4.06. The van der Waals surface area contributed by atoms with Gasteiger partial charge >= 0.3 is 5.97 Å². The summed E-state index contributed by atoms with van der Waals surface area (Å²) in [4.78, 5) is 24.9. The van der Waals surface area contributed by atoms with Gasteiger partial charge < -0.3 is 9.47 Å². The maximum absolute atomic E-state index is 12.5. The number of halogens is 1. The van der Waals surface area contributed by atoms with E-state index in [2.05, 4.69) is 22.2 Å². The van der Waals surface area contributed by atoms with E-state index >= 15 is 0 Å². The molecule has 216 valence electrons. The number of hydrogen-bond acceptors (Lipinski definition) is 7. The van der Waals surface area contributed by atoms with Crippen molar-refractivity contribution >= 4 is 45.4 Å². The second-order valence-electron chi connectivity index (χ2n) is 9.02. The minimum atomic E-state index is -3.80. The Balaban J connectivity index is 1.26. The summed E-state index contributed by atoms with van der Waals surface area (Å²) < 4.78 is 38.5. The lowest BCUT2D eigenvalue weighted by Gasteiger charge is -2.09. The fourth-order valence-corrected chi connectivity index (χ4v) is 4.74. The number of esters is 1. The van der Waals surface area contributed by atoms with Crippen LogP contribution in [0.5, 0.6) is 11.5 Å². The third kappa shape index (κ3) is 8.66. The van der Waals surface area contributed by atoms with Gasteiger partial charge in [0.2, 0.25) is 0 Å². The number of nitrogens with one attached hydrogen (secondary N) is 2. The van der Waals surface area contributed by atoms with Crippen LogP contribution >= 0.6 is 11.6 Å². The lowest BCUT2D eigenvalue weighted by atomic mass is 10.2. The lowest BCUT2D eigenvalue weighted by Crippen LogP contribution is -2.18. The molecule has 0 aliphatic heterocycles. The van der Waals surface area contributed by atoms with Crippen LogP contribution in [0.3, 0.4) is 0 Å². The smallest absolute Gasteiger partial charge is 0.343 e. The molecular weight excluding hydrogens is 578 g/mol. The van der Waals surface area contributed by atoms with E-state index in [0.717, 1.165) is 12.8 Å². The van der Waals surface area contributed by atoms with Gasteiger partial charge in [-0.3, -0.25) is 9.52 Å². The van der Waals surface area contributed by atoms with Crippen molar-refractivity contribution in [1.29, 1.82) is 0 Å². The van der Waals surface area contributed by atoms with E-state index in [1.54, 1.807) is 48.5 Å². The molecule has 0 atom stereocenters. The van der Waals surface area contributed by atoms with E-state index in [4.69, 9.17) is 21.1 Å². The third-order valence-electron chi connectivity index (χ3n) is 5.85. The molecule has 9 nitrogen and oxygen atoms in total. The van der Waals surface area contributed by atoms with Crippen molar-refractivity contribution in [3.05, 3.63) is 119 Å². The number of amides is 1. The Hall–Kier alpha value is -4.67. The SMILES string of the molecule is CCCCOc1ccc(C(=O)Oc2ccc(/C=N/NC(=O)c3ccc(NS(=O)(=O)c4ccc(Cl)cc4)cc3)cc2)cc1. The molecule has 4 aromatic carbocycles. The molecular formula is C31H28ClN3O6S. The van der Waals surface area contributed by atoms with Gasteiger partial charge in [-0.05, 0) is 109 Å². The van der Waals surface area contributed by atoms with E-state index in [9.17, 15) is 18.0 Å². The highest BCUT2D eigenvalue weighted by molar-refractivity contribution is 7.92. The third-order valence-corrected chi connectivity index (χ3v) is 7.50. The van der Waals surface area contributed by atoms with Crippen molar-refractivity contribution in [3.8, 4) is 11.5 Å². The molecule has 1 amide bonds. The molecule has 0 aromatic heterocycles. The van der Waals surface area contributed by atoms with Crippen LogP contribution in [0, 0.1) is 0 Å². The summed E-state index contributed by atoms with van der Waals surface area (Å²) in [5.74, 6) is 0.0833. The number of carbonyl (C=O) groups excluding carboxylic acids is 2. The molecule has 0 spiro atoms. The molecule has 2 N–H and O–H groups in total. The fraction of sp³-hybridized carbons (Fsp3) is 0.129. The standard InChI is InChI=1S/C31H28ClN3O6S/c1-2-3-20-40-27-16-8-24(9-17-27)31(37)41-28-14-4-22(5-15-28)21-33-34-30(36)23-6-12-26(13-7-23)35-42(38,39)29-18-10-25(32)11-19-29/h4-19,21,35H,2-3,20H2,1H3,(H,34,36)/b33-21+. The van der Waals surface area contributed by atoms with Crippen molar-refractivity contribution < 1.29 is 27.5 Å². The first-order valence-electron chi connectivity index (χ1n) is 13.0. The van der Waals surface area contributed by atoms with Crippen LogP contribution in [0.1, 0.15) is 46.0 Å². The summed E-state index contributed by atoms with van der Waals surface area (Å²) in [6.07, 6.45) is 3.45. The van der Waals surface area contributed by atoms with Gasteiger partial charge in [0.05, 0.1) is 23.3 Å². The van der Waals surface area contributed by atoms with E-state index in [1.165, 1.54) is 54.7 Å². The first kappa shape index (κ1) is 30.3. The Bertz CT molecular complexity index is 1640. The molecule has 11 heteroatoms. The maximum atomic E-state index is 12.5. The molecule has 4 aromatic rings. The largest absolute Gasteiger partial charge is 0.494 e. The van der Waals surface area contributed by atoms with Crippen molar-refractivity contribution in [1.82, 2.24) is 5.43 Å². The number of ether oxygens (including phenoxy) is 2. The average Bonchev–Trinajstić information content (AvgIpc) is 2.99. The molecule has 0 aliphatic rings. The monoisotopic (exact) mass is 605 g/mol. The highest BCUT2D eigenvalue weighted by Crippen LogP contribution is 2.19. The highest BCUT2D eigenvalue weighted by Gasteiger charge is 2.14. The van der Waals surface area contributed by atoms with E-state index in [0.29, 0.717) is 39.9 Å². The first-order chi connectivity index (χ1) is 20.2. The van der Waals surface area contributed by atoms with Crippen LogP contribution in [-0.2, 0) is 10.0 Å². The number of hydrogen-bond donors (Lipinski definition) is 2. The summed E-state index contributed by atoms with van der Waals surface area (Å²) in [6.45, 7) is 2.72. The number of rotatable bonds is 12. The number of benzene rings is 4. The average molecular weight is 606 g/mol. The van der Waals surface area contributed by atoms with Crippen LogP contribution in [0.2, 0.25) is 5.02 Å². The Labute approximate surface area is 249 Å². The highest BCUT2D eigenvalue weighted by atomic mass is 35.5. The van der Waals surface area contributed by atoms with Crippen molar-refractivity contribution in [3.63, 3.8) is 0 Å². The van der Waals surface area contributed by atoms with Crippen LogP contribution in [0.25, 0.3) is 0 Å². The summed E-state index contributed by atoms with van der Waals surface area (Å²) in [5, 5.41) is 4.38. The molecule has 42 heavy (non-hydrogen) atoms. The minimum Gasteiger partial charge on any atom is -0.494 e. The molecule has 0 saturated heterocycles. The first-order valence-corrected chi connectivity index (χ1v) is 14.9. The van der Waals surface area contributed by atoms with Crippen LogP contribution < -0.4 is 19.6 Å². The minimum absolute atomic E-state index is 0.0626. The molecule has 0 fully saturated rings. The predicted octanol–water partition coefficient (Wildman–Crippen LogP) is 6.30. The van der Waals surface area contributed by atoms with E-state index in [1.807, 2.05) is 0 Å². The van der Waals surface area contributed by atoms with Crippen molar-refractivity contribution in [2.45, 2.75) is 24.7 Å². The quantitative estimate of drug-likeness (QED) is 0.0642. The molecule has 0 bridgehead atoms. The molecule has 0 heterocycles. The lowest BCUT2D eigenvalue weighted by molar-refractivity contribution is 0.0734. The predicted molar refractivity (Wildman–Crippen MR) is 162 cm³/mol. The number of carbonyl (C=O) groups is 2. The van der Waals surface area contributed by atoms with Crippen LogP contribution in [-0.4, -0.2) is 33.1 Å². The Kier molecular flexibility index (Phi) is 10.3. The zero-order chi connectivity index (χ0) is 30.0. The zero-order valence-corrected chi connectivity index (χ0v) is 24.2. The fourth-order valence-electron chi connectivity index (χ4n) is 3.56. The van der Waals surface area contributed by atoms with E-state index < -0.39 is 21.9 Å². The Morgan fingerprint density at radius 3 is 2.10 bits per heavy atom. The number of hydrazone groups is 1. The molecule has 0 aliphatic carbocycles. The van der Waals surface area contributed by atoms with Gasteiger partial charge in [0.25, 0.3) is 15.9 Å². The molecule has 0 unspecified atom stereocenters. The van der Waals surface area contributed by atoms with Gasteiger partial charge in [-0.15, -0.1) is 0 Å². The Morgan fingerprint density at radius 2 is 1.45 bits per heavy atom. The van der Waals surface area contributed by atoms with Crippen molar-refractivity contribution in [2.75, 3.05) is 11.3 Å². The molecule has 4 rings (SSSR count). The van der Waals surface area contributed by atoms with Gasteiger partial charge in [-0.1, -0.05) is 24.9 Å². The molecule has 0 saturated carbocycles. The molecule has 0 radical (unpaired) electrons. The van der Waals surface area contributed by atoms with E-state index in [-0.39, 0.29) is 10.5 Å². The topological polar surface area (TPSA) is 123 Å². The van der Waals surface area contributed by atoms with Crippen LogP contribution in [0.4, 0.5) is 5.69 Å². The number of unbranched alkanes of at least 4 members (excludes halogenated alkanes) is 1. The van der Waals surface area contributed by atoms with Gasteiger partial charge in [0.1, 0.15) is 11.5 Å². The van der Waals surface area contributed by atoms with Gasteiger partial charge in [-0.25, -0.2) is 18.6 Å². The number of anilines is 1.